The molecule has 2 aromatic carbocycles. The third kappa shape index (κ3) is 3.81. The van der Waals surface area contributed by atoms with Gasteiger partial charge >= 0.3 is 0 Å². The van der Waals surface area contributed by atoms with E-state index in [2.05, 4.69) is 36.5 Å². The number of hydrogen-bond acceptors (Lipinski definition) is 4. The van der Waals surface area contributed by atoms with Crippen molar-refractivity contribution in [3.8, 4) is 11.7 Å². The Kier molecular flexibility index (Phi) is 5.74. The number of fused-ring (bicyclic) bond motifs is 2. The van der Waals surface area contributed by atoms with Gasteiger partial charge in [0.25, 0.3) is 5.95 Å². The van der Waals surface area contributed by atoms with Crippen molar-refractivity contribution in [2.24, 2.45) is 0 Å². The van der Waals surface area contributed by atoms with Crippen LogP contribution in [0.2, 0.25) is 0 Å². The topological polar surface area (TPSA) is 54.6 Å². The lowest BCUT2D eigenvalue weighted by atomic mass is 9.88. The van der Waals surface area contributed by atoms with E-state index in [4.69, 9.17) is 9.15 Å². The third-order valence-electron chi connectivity index (χ3n) is 4.90. The molecule has 0 radical (unpaired) electrons. The first-order valence-electron chi connectivity index (χ1n) is 8.94. The fourth-order valence-electron chi connectivity index (χ4n) is 3.61. The molecule has 0 saturated carbocycles. The van der Waals surface area contributed by atoms with Crippen molar-refractivity contribution >= 4 is 23.4 Å². The van der Waals surface area contributed by atoms with E-state index in [1.807, 2.05) is 18.2 Å². The van der Waals surface area contributed by atoms with Gasteiger partial charge in [-0.2, -0.15) is 0 Å². The molecule has 0 fully saturated rings. The molecule has 0 bridgehead atoms. The summed E-state index contributed by atoms with van der Waals surface area (Å²) in [4.78, 5) is 0. The van der Waals surface area contributed by atoms with Crippen molar-refractivity contribution in [3.63, 3.8) is 0 Å². The Morgan fingerprint density at radius 3 is 2.81 bits per heavy atom. The van der Waals surface area contributed by atoms with Crippen LogP contribution in [0.25, 0.3) is 11.0 Å². The standard InChI is InChI=1S/C21H23NO3.ClH/c1-2-19(22-17-11-10-14-6-3-4-7-15(14)12-17)24-18-9-5-8-16-13-20(23)25-21(16)18;/h3-9,13,17,19,22-23H,2,10-12H2,1H3;1H. The lowest BCUT2D eigenvalue weighted by Crippen LogP contribution is -2.44. The zero-order valence-corrected chi connectivity index (χ0v) is 15.6. The van der Waals surface area contributed by atoms with Gasteiger partial charge in [-0.05, 0) is 42.9 Å². The Hall–Kier alpha value is -2.17. The summed E-state index contributed by atoms with van der Waals surface area (Å²) >= 11 is 0. The Bertz CT molecular complexity index is 877. The second-order valence-electron chi connectivity index (χ2n) is 6.65. The largest absolute Gasteiger partial charge is 0.481 e. The van der Waals surface area contributed by atoms with E-state index in [-0.39, 0.29) is 24.6 Å². The summed E-state index contributed by atoms with van der Waals surface area (Å²) in [7, 11) is 0. The van der Waals surface area contributed by atoms with Gasteiger partial charge in [0, 0.05) is 17.5 Å². The van der Waals surface area contributed by atoms with Crippen LogP contribution in [0.5, 0.6) is 11.7 Å². The number of nitrogens with one attached hydrogen (secondary N) is 1. The second-order valence-corrected chi connectivity index (χ2v) is 6.65. The number of hydrogen-bond donors (Lipinski definition) is 2. The van der Waals surface area contributed by atoms with E-state index in [0.29, 0.717) is 17.4 Å². The second kappa shape index (κ2) is 8.02. The molecular weight excluding hydrogens is 350 g/mol. The molecular formula is C21H24ClNO3. The van der Waals surface area contributed by atoms with Gasteiger partial charge in [0.2, 0.25) is 0 Å². The predicted molar refractivity (Wildman–Crippen MR) is 105 cm³/mol. The van der Waals surface area contributed by atoms with Crippen molar-refractivity contribution in [1.29, 1.82) is 0 Å². The van der Waals surface area contributed by atoms with Gasteiger partial charge < -0.3 is 14.3 Å². The molecule has 0 amide bonds. The zero-order chi connectivity index (χ0) is 17.2. The summed E-state index contributed by atoms with van der Waals surface area (Å²) in [6.45, 7) is 2.11. The number of benzene rings is 2. The number of para-hydroxylation sites is 1. The maximum atomic E-state index is 9.59. The van der Waals surface area contributed by atoms with E-state index >= 15 is 0 Å². The molecule has 26 heavy (non-hydrogen) atoms. The average molecular weight is 374 g/mol. The Morgan fingerprint density at radius 1 is 1.19 bits per heavy atom. The summed E-state index contributed by atoms with van der Waals surface area (Å²) in [6.07, 6.45) is 4.01. The first kappa shape index (κ1) is 18.6. The van der Waals surface area contributed by atoms with Crippen LogP contribution in [-0.2, 0) is 12.8 Å². The molecule has 0 aliphatic heterocycles. The molecule has 1 aliphatic rings. The average Bonchev–Trinajstić information content (AvgIpc) is 3.02. The van der Waals surface area contributed by atoms with Crippen LogP contribution in [0.15, 0.2) is 52.9 Å². The van der Waals surface area contributed by atoms with Crippen molar-refractivity contribution in [2.45, 2.75) is 44.9 Å². The lowest BCUT2D eigenvalue weighted by Gasteiger charge is -2.29. The quantitative estimate of drug-likeness (QED) is 0.629. The van der Waals surface area contributed by atoms with Crippen LogP contribution < -0.4 is 10.1 Å². The first-order chi connectivity index (χ1) is 12.2. The van der Waals surface area contributed by atoms with Crippen molar-refractivity contribution in [3.05, 3.63) is 59.7 Å². The number of halogens is 1. The molecule has 1 heterocycles. The number of aromatic hydroxyl groups is 1. The Balaban J connectivity index is 0.00000196. The van der Waals surface area contributed by atoms with Crippen molar-refractivity contribution in [1.82, 2.24) is 5.32 Å². The lowest BCUT2D eigenvalue weighted by molar-refractivity contribution is 0.139. The molecule has 1 aromatic heterocycles. The minimum atomic E-state index is -0.0897. The summed E-state index contributed by atoms with van der Waals surface area (Å²) in [5, 5.41) is 14.1. The summed E-state index contributed by atoms with van der Waals surface area (Å²) in [5.74, 6) is 0.573. The van der Waals surface area contributed by atoms with Gasteiger partial charge in [-0.3, -0.25) is 5.32 Å². The third-order valence-corrected chi connectivity index (χ3v) is 4.90. The van der Waals surface area contributed by atoms with E-state index in [1.165, 1.54) is 11.1 Å². The monoisotopic (exact) mass is 373 g/mol. The normalized spacial score (nSPS) is 17.3. The van der Waals surface area contributed by atoms with Crippen LogP contribution in [0.1, 0.15) is 30.9 Å². The maximum Gasteiger partial charge on any atom is 0.283 e. The van der Waals surface area contributed by atoms with Crippen molar-refractivity contribution < 1.29 is 14.3 Å². The molecule has 0 saturated heterocycles. The fraction of sp³-hybridized carbons (Fsp3) is 0.333. The molecule has 2 atom stereocenters. The molecule has 0 spiro atoms. The number of ether oxygens (including phenoxy) is 1. The number of rotatable bonds is 5. The van der Waals surface area contributed by atoms with Crippen LogP contribution in [0.4, 0.5) is 0 Å². The zero-order valence-electron chi connectivity index (χ0n) is 14.8. The van der Waals surface area contributed by atoms with E-state index in [0.717, 1.165) is 31.1 Å². The Labute approximate surface area is 159 Å². The summed E-state index contributed by atoms with van der Waals surface area (Å²) < 4.78 is 11.5. The van der Waals surface area contributed by atoms with E-state index in [1.54, 1.807) is 6.07 Å². The fourth-order valence-corrected chi connectivity index (χ4v) is 3.61. The molecule has 4 rings (SSSR count). The summed E-state index contributed by atoms with van der Waals surface area (Å²) in [5.41, 5.74) is 3.48. The number of aryl methyl sites for hydroxylation is 1. The van der Waals surface area contributed by atoms with Crippen LogP contribution in [0, 0.1) is 0 Å². The molecule has 3 aromatic rings. The maximum absolute atomic E-state index is 9.59. The Morgan fingerprint density at radius 2 is 2.00 bits per heavy atom. The van der Waals surface area contributed by atoms with Crippen LogP contribution >= 0.6 is 12.4 Å². The van der Waals surface area contributed by atoms with Gasteiger partial charge in [-0.1, -0.05) is 43.3 Å². The van der Waals surface area contributed by atoms with Gasteiger partial charge in [0.05, 0.1) is 0 Å². The van der Waals surface area contributed by atoms with Gasteiger partial charge in [0.15, 0.2) is 11.3 Å². The molecule has 138 valence electrons. The highest BCUT2D eigenvalue weighted by molar-refractivity contribution is 5.85. The van der Waals surface area contributed by atoms with Crippen molar-refractivity contribution in [2.75, 3.05) is 0 Å². The smallest absolute Gasteiger partial charge is 0.283 e. The van der Waals surface area contributed by atoms with Crippen LogP contribution in [-0.4, -0.2) is 17.4 Å². The van der Waals surface area contributed by atoms with Gasteiger partial charge in [-0.15, -0.1) is 12.4 Å². The molecule has 1 aliphatic carbocycles. The molecule has 4 nitrogen and oxygen atoms in total. The minimum Gasteiger partial charge on any atom is -0.481 e. The highest BCUT2D eigenvalue weighted by Crippen LogP contribution is 2.32. The van der Waals surface area contributed by atoms with Gasteiger partial charge in [-0.25, -0.2) is 0 Å². The minimum absolute atomic E-state index is 0. The highest BCUT2D eigenvalue weighted by atomic mass is 35.5. The number of furan rings is 1. The first-order valence-corrected chi connectivity index (χ1v) is 8.94. The SMILES string of the molecule is CCC(NC1CCc2ccccc2C1)Oc1cccc2cc(O)oc12.Cl. The highest BCUT2D eigenvalue weighted by Gasteiger charge is 2.22. The van der Waals surface area contributed by atoms with Crippen LogP contribution in [0.3, 0.4) is 0 Å². The predicted octanol–water partition coefficient (Wildman–Crippen LogP) is 4.82. The molecule has 2 N–H and O–H groups in total. The van der Waals surface area contributed by atoms with E-state index in [9.17, 15) is 5.11 Å². The molecule has 2 unspecified atom stereocenters. The van der Waals surface area contributed by atoms with Gasteiger partial charge in [0.1, 0.15) is 6.23 Å². The summed E-state index contributed by atoms with van der Waals surface area (Å²) in [6, 6.07) is 16.4. The molecule has 5 heteroatoms. The van der Waals surface area contributed by atoms with E-state index < -0.39 is 0 Å².